The van der Waals surface area contributed by atoms with Crippen LogP contribution in [-0.4, -0.2) is 51.4 Å². The number of aromatic nitrogens is 4. The van der Waals surface area contributed by atoms with Gasteiger partial charge in [-0.15, -0.1) is 10.2 Å². The van der Waals surface area contributed by atoms with Gasteiger partial charge in [-0.25, -0.2) is 9.37 Å². The first-order valence-corrected chi connectivity index (χ1v) is 8.53. The molecule has 1 amide bonds. The second-order valence-electron chi connectivity index (χ2n) is 6.48. The number of aromatic amines is 1. The Morgan fingerprint density at radius 1 is 1.33 bits per heavy atom. The standard InChI is InChI=1S/C17H19FN8O/c18-11-8-26(13-2-1-9(19)7-22-13)6-4-12(11)23-14-10-3-5-21-17(10)25-24-15(14)16(20)27/h1-3,5,7,11-12H,4,6,8,19H2,(H2,20,27)(H2,21,23,25)/t11-,12-/m1/s1. The average molecular weight is 370 g/mol. The summed E-state index contributed by atoms with van der Waals surface area (Å²) >= 11 is 0. The largest absolute Gasteiger partial charge is 0.397 e. The van der Waals surface area contributed by atoms with Gasteiger partial charge < -0.3 is 26.7 Å². The summed E-state index contributed by atoms with van der Waals surface area (Å²) < 4.78 is 14.9. The molecule has 0 radical (unpaired) electrons. The fourth-order valence-electron chi connectivity index (χ4n) is 3.29. The molecule has 1 aliphatic heterocycles. The van der Waals surface area contributed by atoms with Gasteiger partial charge in [0.1, 0.15) is 12.0 Å². The normalized spacial score (nSPS) is 20.0. The SMILES string of the molecule is NC(=O)c1nnc2[nH]ccc2c1N[C@@H]1CCN(c2ccc(N)cn2)C[C@H]1F. The highest BCUT2D eigenvalue weighted by Gasteiger charge is 2.31. The lowest BCUT2D eigenvalue weighted by molar-refractivity contribution is 0.0995. The molecule has 3 aromatic rings. The maximum atomic E-state index is 14.9. The zero-order valence-corrected chi connectivity index (χ0v) is 14.4. The molecule has 0 unspecified atom stereocenters. The molecule has 0 aromatic carbocycles. The van der Waals surface area contributed by atoms with Crippen LogP contribution in [0.5, 0.6) is 0 Å². The van der Waals surface area contributed by atoms with Gasteiger partial charge in [0.05, 0.1) is 30.2 Å². The van der Waals surface area contributed by atoms with Crippen molar-refractivity contribution in [1.29, 1.82) is 0 Å². The number of halogens is 1. The summed E-state index contributed by atoms with van der Waals surface area (Å²) in [6, 6.07) is 4.77. The van der Waals surface area contributed by atoms with E-state index in [2.05, 4.69) is 25.5 Å². The molecule has 10 heteroatoms. The summed E-state index contributed by atoms with van der Waals surface area (Å²) in [5.74, 6) is -0.0336. The first-order chi connectivity index (χ1) is 13.0. The van der Waals surface area contributed by atoms with Crippen molar-refractivity contribution in [3.63, 3.8) is 0 Å². The van der Waals surface area contributed by atoms with Crippen molar-refractivity contribution in [3.05, 3.63) is 36.3 Å². The quantitative estimate of drug-likeness (QED) is 0.538. The number of H-pyrrole nitrogens is 1. The van der Waals surface area contributed by atoms with E-state index in [9.17, 15) is 9.18 Å². The Bertz CT molecular complexity index is 973. The van der Waals surface area contributed by atoms with Crippen molar-refractivity contribution >= 4 is 34.1 Å². The lowest BCUT2D eigenvalue weighted by Crippen LogP contribution is -2.48. The number of alkyl halides is 1. The van der Waals surface area contributed by atoms with Crippen LogP contribution in [0.1, 0.15) is 16.9 Å². The van der Waals surface area contributed by atoms with Crippen LogP contribution >= 0.6 is 0 Å². The molecule has 9 nitrogen and oxygen atoms in total. The van der Waals surface area contributed by atoms with E-state index in [4.69, 9.17) is 11.5 Å². The van der Waals surface area contributed by atoms with Crippen molar-refractivity contribution in [3.8, 4) is 0 Å². The number of nitrogen functional groups attached to an aromatic ring is 1. The van der Waals surface area contributed by atoms with Gasteiger partial charge in [0.2, 0.25) is 0 Å². The van der Waals surface area contributed by atoms with E-state index in [1.807, 2.05) is 4.90 Å². The summed E-state index contributed by atoms with van der Waals surface area (Å²) in [5, 5.41) is 11.6. The molecule has 2 atom stereocenters. The summed E-state index contributed by atoms with van der Waals surface area (Å²) in [6.07, 6.45) is 2.56. The number of rotatable bonds is 4. The van der Waals surface area contributed by atoms with E-state index in [1.54, 1.807) is 30.6 Å². The topological polar surface area (TPSA) is 139 Å². The second-order valence-corrected chi connectivity index (χ2v) is 6.48. The van der Waals surface area contributed by atoms with Gasteiger partial charge in [0.15, 0.2) is 11.3 Å². The second kappa shape index (κ2) is 6.71. The fourth-order valence-corrected chi connectivity index (χ4v) is 3.29. The number of hydrogen-bond donors (Lipinski definition) is 4. The molecule has 140 valence electrons. The van der Waals surface area contributed by atoms with E-state index in [0.717, 1.165) is 0 Å². The number of primary amides is 1. The highest BCUT2D eigenvalue weighted by Crippen LogP contribution is 2.28. The molecule has 4 rings (SSSR count). The van der Waals surface area contributed by atoms with Crippen LogP contribution in [-0.2, 0) is 0 Å². The van der Waals surface area contributed by atoms with E-state index in [-0.39, 0.29) is 12.2 Å². The Morgan fingerprint density at radius 2 is 2.19 bits per heavy atom. The number of carbonyl (C=O) groups is 1. The van der Waals surface area contributed by atoms with Crippen LogP contribution in [0.3, 0.4) is 0 Å². The fraction of sp³-hybridized carbons (Fsp3) is 0.294. The van der Waals surface area contributed by atoms with Crippen molar-refractivity contribution in [2.24, 2.45) is 5.73 Å². The Balaban J connectivity index is 1.55. The number of anilines is 3. The van der Waals surface area contributed by atoms with Crippen LogP contribution < -0.4 is 21.7 Å². The van der Waals surface area contributed by atoms with Crippen LogP contribution in [0.15, 0.2) is 30.6 Å². The minimum atomic E-state index is -1.18. The summed E-state index contributed by atoms with van der Waals surface area (Å²) in [4.78, 5) is 20.8. The van der Waals surface area contributed by atoms with Crippen molar-refractivity contribution in [1.82, 2.24) is 20.2 Å². The number of fused-ring (bicyclic) bond motifs is 1. The molecule has 1 aliphatic rings. The van der Waals surface area contributed by atoms with E-state index in [1.165, 1.54) is 0 Å². The molecule has 0 spiro atoms. The number of pyridine rings is 1. The van der Waals surface area contributed by atoms with Gasteiger partial charge in [0, 0.05) is 18.1 Å². The predicted octanol–water partition coefficient (Wildman–Crippen LogP) is 1.06. The molecule has 0 aliphatic carbocycles. The molecule has 4 heterocycles. The smallest absolute Gasteiger partial charge is 0.271 e. The van der Waals surface area contributed by atoms with Gasteiger partial charge in [0.25, 0.3) is 5.91 Å². The number of nitrogens with one attached hydrogen (secondary N) is 2. The lowest BCUT2D eigenvalue weighted by atomic mass is 10.0. The first kappa shape index (κ1) is 17.0. The highest BCUT2D eigenvalue weighted by atomic mass is 19.1. The summed E-state index contributed by atoms with van der Waals surface area (Å²) in [7, 11) is 0. The van der Waals surface area contributed by atoms with Gasteiger partial charge >= 0.3 is 0 Å². The predicted molar refractivity (Wildman–Crippen MR) is 100 cm³/mol. The maximum Gasteiger partial charge on any atom is 0.271 e. The van der Waals surface area contributed by atoms with Crippen LogP contribution in [0.2, 0.25) is 0 Å². The number of nitrogens with two attached hydrogens (primary N) is 2. The summed E-state index contributed by atoms with van der Waals surface area (Å²) in [6.45, 7) is 0.783. The van der Waals surface area contributed by atoms with Crippen LogP contribution in [0.4, 0.5) is 21.6 Å². The Morgan fingerprint density at radius 3 is 2.89 bits per heavy atom. The van der Waals surface area contributed by atoms with Crippen LogP contribution in [0, 0.1) is 0 Å². The number of piperidine rings is 1. The third kappa shape index (κ3) is 3.21. The molecule has 3 aromatic heterocycles. The first-order valence-electron chi connectivity index (χ1n) is 8.53. The third-order valence-electron chi connectivity index (χ3n) is 4.68. The number of hydrogen-bond acceptors (Lipinski definition) is 7. The van der Waals surface area contributed by atoms with Crippen molar-refractivity contribution < 1.29 is 9.18 Å². The average Bonchev–Trinajstić information content (AvgIpc) is 3.13. The summed E-state index contributed by atoms with van der Waals surface area (Å²) in [5.41, 5.74) is 12.5. The van der Waals surface area contributed by atoms with Gasteiger partial charge in [-0.05, 0) is 24.6 Å². The van der Waals surface area contributed by atoms with Crippen molar-refractivity contribution in [2.45, 2.75) is 18.6 Å². The molecule has 1 saturated heterocycles. The monoisotopic (exact) mass is 370 g/mol. The molecule has 27 heavy (non-hydrogen) atoms. The molecular weight excluding hydrogens is 351 g/mol. The highest BCUT2D eigenvalue weighted by molar-refractivity contribution is 6.04. The third-order valence-corrected chi connectivity index (χ3v) is 4.68. The van der Waals surface area contributed by atoms with E-state index in [0.29, 0.717) is 41.2 Å². The minimum absolute atomic E-state index is 0.00284. The number of amides is 1. The zero-order valence-electron chi connectivity index (χ0n) is 14.4. The minimum Gasteiger partial charge on any atom is -0.397 e. The number of nitrogens with zero attached hydrogens (tertiary/aromatic N) is 4. The van der Waals surface area contributed by atoms with E-state index < -0.39 is 18.1 Å². The van der Waals surface area contributed by atoms with E-state index >= 15 is 0 Å². The maximum absolute atomic E-state index is 14.9. The molecule has 0 saturated carbocycles. The Kier molecular flexibility index (Phi) is 4.22. The molecular formula is C17H19FN8O. The lowest BCUT2D eigenvalue weighted by Gasteiger charge is -2.36. The molecule has 1 fully saturated rings. The van der Waals surface area contributed by atoms with Crippen LogP contribution in [0.25, 0.3) is 11.0 Å². The molecule has 0 bridgehead atoms. The van der Waals surface area contributed by atoms with Gasteiger partial charge in [-0.2, -0.15) is 0 Å². The van der Waals surface area contributed by atoms with Gasteiger partial charge in [-0.3, -0.25) is 4.79 Å². The molecule has 6 N–H and O–H groups in total. The Hall–Kier alpha value is -3.43. The zero-order chi connectivity index (χ0) is 19.0. The number of carbonyl (C=O) groups excluding carboxylic acids is 1. The van der Waals surface area contributed by atoms with Crippen molar-refractivity contribution in [2.75, 3.05) is 29.0 Å². The Labute approximate surface area is 154 Å². The van der Waals surface area contributed by atoms with Gasteiger partial charge in [-0.1, -0.05) is 0 Å².